The Morgan fingerprint density at radius 3 is 2.58 bits per heavy atom. The van der Waals surface area contributed by atoms with E-state index in [-0.39, 0.29) is 6.04 Å². The third-order valence-electron chi connectivity index (χ3n) is 3.21. The van der Waals surface area contributed by atoms with Crippen molar-refractivity contribution in [3.05, 3.63) is 51.7 Å². The van der Waals surface area contributed by atoms with Gasteiger partial charge in [-0.1, -0.05) is 32.0 Å². The van der Waals surface area contributed by atoms with E-state index < -0.39 is 0 Å². The van der Waals surface area contributed by atoms with Crippen molar-refractivity contribution in [3.63, 3.8) is 0 Å². The van der Waals surface area contributed by atoms with Gasteiger partial charge in [0.05, 0.1) is 17.3 Å². The van der Waals surface area contributed by atoms with Crippen LogP contribution < -0.4 is 5.32 Å². The fourth-order valence-corrected chi connectivity index (χ4v) is 3.09. The Labute approximate surface area is 118 Å². The van der Waals surface area contributed by atoms with Gasteiger partial charge in [-0.15, -0.1) is 11.3 Å². The van der Waals surface area contributed by atoms with Gasteiger partial charge in [0.2, 0.25) is 0 Å². The molecule has 0 bridgehead atoms. The van der Waals surface area contributed by atoms with Crippen LogP contribution in [0.3, 0.4) is 0 Å². The van der Waals surface area contributed by atoms with Crippen LogP contribution in [-0.4, -0.2) is 0 Å². The molecule has 1 aromatic carbocycles. The Bertz CT molecular complexity index is 579. The quantitative estimate of drug-likeness (QED) is 0.871. The summed E-state index contributed by atoms with van der Waals surface area (Å²) in [4.78, 5) is 1.31. The molecule has 0 saturated carbocycles. The molecule has 0 fully saturated rings. The van der Waals surface area contributed by atoms with E-state index in [9.17, 15) is 5.26 Å². The number of aryl methyl sites for hydroxylation is 1. The maximum Gasteiger partial charge on any atom is 0.102 e. The van der Waals surface area contributed by atoms with Gasteiger partial charge in [-0.05, 0) is 35.9 Å². The monoisotopic (exact) mass is 270 g/mol. The molecule has 0 aliphatic rings. The largest absolute Gasteiger partial charge is 0.376 e. The molecular formula is C16H18N2S. The standard InChI is InChI=1S/C16H18N2S/c1-11(2)16(15-8-5-9-19-15)18-14-7-4-6-12(3)13(14)10-17/h4-9,11,16,18H,1-3H3. The Balaban J connectivity index is 2.34. The molecule has 1 unspecified atom stereocenters. The van der Waals surface area contributed by atoms with E-state index in [0.717, 1.165) is 16.8 Å². The second kappa shape index (κ2) is 5.90. The molecule has 0 aliphatic heterocycles. The maximum absolute atomic E-state index is 9.29. The van der Waals surface area contributed by atoms with Crippen molar-refractivity contribution in [1.82, 2.24) is 0 Å². The van der Waals surface area contributed by atoms with Crippen molar-refractivity contribution in [2.75, 3.05) is 5.32 Å². The van der Waals surface area contributed by atoms with Crippen molar-refractivity contribution in [2.45, 2.75) is 26.8 Å². The number of rotatable bonds is 4. The number of nitrogens with one attached hydrogen (secondary N) is 1. The fraction of sp³-hybridized carbons (Fsp3) is 0.312. The Morgan fingerprint density at radius 2 is 2.00 bits per heavy atom. The summed E-state index contributed by atoms with van der Waals surface area (Å²) in [5, 5.41) is 14.9. The molecule has 19 heavy (non-hydrogen) atoms. The second-order valence-electron chi connectivity index (χ2n) is 4.99. The van der Waals surface area contributed by atoms with Gasteiger partial charge < -0.3 is 5.32 Å². The van der Waals surface area contributed by atoms with Crippen LogP contribution in [0.15, 0.2) is 35.7 Å². The van der Waals surface area contributed by atoms with Crippen molar-refractivity contribution in [2.24, 2.45) is 5.92 Å². The van der Waals surface area contributed by atoms with Gasteiger partial charge in [-0.2, -0.15) is 5.26 Å². The molecule has 3 heteroatoms. The zero-order chi connectivity index (χ0) is 13.8. The Kier molecular flexibility index (Phi) is 4.24. The third kappa shape index (κ3) is 2.97. The summed E-state index contributed by atoms with van der Waals surface area (Å²) < 4.78 is 0. The second-order valence-corrected chi connectivity index (χ2v) is 5.97. The topological polar surface area (TPSA) is 35.8 Å². The Morgan fingerprint density at radius 1 is 1.21 bits per heavy atom. The van der Waals surface area contributed by atoms with Crippen LogP contribution in [-0.2, 0) is 0 Å². The summed E-state index contributed by atoms with van der Waals surface area (Å²) in [7, 11) is 0. The van der Waals surface area contributed by atoms with Crippen LogP contribution >= 0.6 is 11.3 Å². The van der Waals surface area contributed by atoms with Crippen LogP contribution in [0.1, 0.15) is 35.9 Å². The van der Waals surface area contributed by atoms with Crippen LogP contribution in [0, 0.1) is 24.2 Å². The number of benzene rings is 1. The molecule has 0 saturated heterocycles. The molecule has 2 aromatic rings. The minimum atomic E-state index is 0.244. The van der Waals surface area contributed by atoms with Crippen molar-refractivity contribution in [1.29, 1.82) is 5.26 Å². The molecular weight excluding hydrogens is 252 g/mol. The highest BCUT2D eigenvalue weighted by molar-refractivity contribution is 7.10. The molecule has 98 valence electrons. The van der Waals surface area contributed by atoms with Gasteiger partial charge in [0.1, 0.15) is 6.07 Å². The lowest BCUT2D eigenvalue weighted by Crippen LogP contribution is -2.16. The average molecular weight is 270 g/mol. The first kappa shape index (κ1) is 13.6. The number of hydrogen-bond donors (Lipinski definition) is 1. The molecule has 2 nitrogen and oxygen atoms in total. The highest BCUT2D eigenvalue weighted by Gasteiger charge is 2.18. The SMILES string of the molecule is Cc1cccc(NC(c2cccs2)C(C)C)c1C#N. The lowest BCUT2D eigenvalue weighted by Gasteiger charge is -2.23. The first-order valence-electron chi connectivity index (χ1n) is 6.43. The molecule has 1 aromatic heterocycles. The number of nitrogens with zero attached hydrogens (tertiary/aromatic N) is 1. The maximum atomic E-state index is 9.29. The summed E-state index contributed by atoms with van der Waals surface area (Å²) in [6, 6.07) is 12.7. The minimum Gasteiger partial charge on any atom is -0.376 e. The molecule has 1 atom stereocenters. The Hall–Kier alpha value is -1.79. The van der Waals surface area contributed by atoms with Crippen molar-refractivity contribution in [3.8, 4) is 6.07 Å². The molecule has 0 radical (unpaired) electrons. The normalized spacial score (nSPS) is 12.2. The van der Waals surface area contributed by atoms with Crippen LogP contribution in [0.2, 0.25) is 0 Å². The summed E-state index contributed by atoms with van der Waals surface area (Å²) in [5.41, 5.74) is 2.68. The lowest BCUT2D eigenvalue weighted by atomic mass is 10.0. The smallest absolute Gasteiger partial charge is 0.102 e. The van der Waals surface area contributed by atoms with Crippen molar-refractivity contribution >= 4 is 17.0 Å². The summed E-state index contributed by atoms with van der Waals surface area (Å²) in [5.74, 6) is 0.464. The van der Waals surface area contributed by atoms with Gasteiger partial charge in [-0.3, -0.25) is 0 Å². The van der Waals surface area contributed by atoms with Gasteiger partial charge >= 0.3 is 0 Å². The zero-order valence-corrected chi connectivity index (χ0v) is 12.3. The summed E-state index contributed by atoms with van der Waals surface area (Å²) in [6.45, 7) is 6.36. The van der Waals surface area contributed by atoms with E-state index in [2.05, 4.69) is 42.7 Å². The highest BCUT2D eigenvalue weighted by Crippen LogP contribution is 2.31. The summed E-state index contributed by atoms with van der Waals surface area (Å²) in [6.07, 6.45) is 0. The molecule has 2 rings (SSSR count). The van der Waals surface area contributed by atoms with E-state index in [1.807, 2.05) is 25.1 Å². The van der Waals surface area contributed by atoms with Gasteiger partial charge in [0.15, 0.2) is 0 Å². The number of nitriles is 1. The molecule has 1 N–H and O–H groups in total. The van der Waals surface area contributed by atoms with E-state index >= 15 is 0 Å². The first-order valence-corrected chi connectivity index (χ1v) is 7.31. The highest BCUT2D eigenvalue weighted by atomic mass is 32.1. The van der Waals surface area contributed by atoms with E-state index in [1.165, 1.54) is 4.88 Å². The molecule has 0 amide bonds. The number of hydrogen-bond acceptors (Lipinski definition) is 3. The predicted octanol–water partition coefficient (Wildman–Crippen LogP) is 4.74. The number of thiophene rings is 1. The van der Waals surface area contributed by atoms with E-state index in [1.54, 1.807) is 11.3 Å². The van der Waals surface area contributed by atoms with Gasteiger partial charge in [-0.25, -0.2) is 0 Å². The third-order valence-corrected chi connectivity index (χ3v) is 4.17. The molecule has 0 aliphatic carbocycles. The van der Waals surface area contributed by atoms with Crippen molar-refractivity contribution < 1.29 is 0 Å². The minimum absolute atomic E-state index is 0.244. The van der Waals surface area contributed by atoms with Crippen LogP contribution in [0.4, 0.5) is 5.69 Å². The molecule has 1 heterocycles. The summed E-state index contributed by atoms with van der Waals surface area (Å²) >= 11 is 1.75. The average Bonchev–Trinajstić information content (AvgIpc) is 2.89. The zero-order valence-electron chi connectivity index (χ0n) is 11.5. The number of anilines is 1. The van der Waals surface area contributed by atoms with Gasteiger partial charge in [0.25, 0.3) is 0 Å². The first-order chi connectivity index (χ1) is 9.13. The fourth-order valence-electron chi connectivity index (χ4n) is 2.14. The van der Waals surface area contributed by atoms with E-state index in [0.29, 0.717) is 5.92 Å². The molecule has 0 spiro atoms. The van der Waals surface area contributed by atoms with Gasteiger partial charge in [0, 0.05) is 4.88 Å². The van der Waals surface area contributed by atoms with Crippen LogP contribution in [0.5, 0.6) is 0 Å². The van der Waals surface area contributed by atoms with E-state index in [4.69, 9.17) is 0 Å². The van der Waals surface area contributed by atoms with Crippen LogP contribution in [0.25, 0.3) is 0 Å². The lowest BCUT2D eigenvalue weighted by molar-refractivity contribution is 0.553. The predicted molar refractivity (Wildman–Crippen MR) is 81.4 cm³/mol.